The summed E-state index contributed by atoms with van der Waals surface area (Å²) < 4.78 is 46.3. The third-order valence-corrected chi connectivity index (χ3v) is 6.89. The summed E-state index contributed by atoms with van der Waals surface area (Å²) in [6, 6.07) is 10.9. The van der Waals surface area contributed by atoms with Crippen LogP contribution in [0, 0.1) is 5.82 Å². The van der Waals surface area contributed by atoms with Gasteiger partial charge in [0.1, 0.15) is 11.6 Å². The number of fused-ring (bicyclic) bond motifs is 1. The van der Waals surface area contributed by atoms with E-state index in [9.17, 15) is 18.7 Å². The van der Waals surface area contributed by atoms with Gasteiger partial charge in [-0.3, -0.25) is 9.89 Å². The molecule has 3 N–H and O–H groups in total. The Morgan fingerprint density at radius 3 is 2.59 bits per heavy atom. The number of para-hydroxylation sites is 1. The number of nitrogens with one attached hydrogen (secondary N) is 2. The summed E-state index contributed by atoms with van der Waals surface area (Å²) in [5.41, 5.74) is 2.34. The van der Waals surface area contributed by atoms with E-state index in [0.717, 1.165) is 0 Å². The first-order valence-corrected chi connectivity index (χ1v) is 12.6. The van der Waals surface area contributed by atoms with Crippen molar-refractivity contribution in [3.63, 3.8) is 0 Å². The number of carbonyl (C=O) groups excluding carboxylic acids is 1. The number of H-pyrrole nitrogens is 1. The van der Waals surface area contributed by atoms with Crippen LogP contribution in [0.3, 0.4) is 0 Å². The number of aliphatic hydroxyl groups excluding tert-OH is 1. The van der Waals surface area contributed by atoms with E-state index in [2.05, 4.69) is 25.2 Å². The van der Waals surface area contributed by atoms with Crippen molar-refractivity contribution in [1.29, 1.82) is 0 Å². The Labute approximate surface area is 222 Å². The molecule has 11 heteroatoms. The van der Waals surface area contributed by atoms with Gasteiger partial charge in [0.15, 0.2) is 5.65 Å². The number of rotatable bonds is 7. The molecular formula is C28H28F3N5O3. The summed E-state index contributed by atoms with van der Waals surface area (Å²) in [7, 11) is 3.19. The maximum Gasteiger partial charge on any atom is 0.387 e. The number of nitrogens with zero attached hydrogens (tertiary/aromatic N) is 3. The molecule has 1 amide bonds. The third-order valence-electron chi connectivity index (χ3n) is 6.89. The maximum absolute atomic E-state index is 15.6. The highest BCUT2D eigenvalue weighted by Gasteiger charge is 2.25. The first-order chi connectivity index (χ1) is 18.7. The van der Waals surface area contributed by atoms with Crippen molar-refractivity contribution < 1.29 is 27.8 Å². The lowest BCUT2D eigenvalue weighted by molar-refractivity contribution is -0.0494. The zero-order valence-electron chi connectivity index (χ0n) is 21.4. The number of halogens is 3. The molecule has 2 aromatic carbocycles. The number of hydrogen-bond donors (Lipinski definition) is 3. The summed E-state index contributed by atoms with van der Waals surface area (Å²) in [5.74, 6) is -0.990. The number of pyridine rings is 1. The number of alkyl halides is 2. The van der Waals surface area contributed by atoms with Crippen LogP contribution in [-0.4, -0.2) is 63.9 Å². The lowest BCUT2D eigenvalue weighted by atomic mass is 9.92. The molecule has 1 aliphatic rings. The highest BCUT2D eigenvalue weighted by molar-refractivity contribution is 6.01. The van der Waals surface area contributed by atoms with Crippen molar-refractivity contribution in [3.05, 3.63) is 60.0 Å². The smallest absolute Gasteiger partial charge is 0.387 e. The molecular weight excluding hydrogens is 511 g/mol. The molecule has 8 nitrogen and oxygen atoms in total. The molecule has 1 fully saturated rings. The van der Waals surface area contributed by atoms with Crippen LogP contribution in [-0.2, 0) is 0 Å². The second-order valence-corrected chi connectivity index (χ2v) is 9.80. The Kier molecular flexibility index (Phi) is 7.42. The van der Waals surface area contributed by atoms with Crippen molar-refractivity contribution in [1.82, 2.24) is 20.1 Å². The molecule has 1 aliphatic carbocycles. The van der Waals surface area contributed by atoms with Gasteiger partial charge in [0.25, 0.3) is 5.91 Å². The van der Waals surface area contributed by atoms with Gasteiger partial charge >= 0.3 is 6.61 Å². The van der Waals surface area contributed by atoms with Gasteiger partial charge in [-0.2, -0.15) is 13.9 Å². The average Bonchev–Trinajstić information content (AvgIpc) is 3.33. The van der Waals surface area contributed by atoms with Crippen molar-refractivity contribution >= 4 is 22.6 Å². The number of benzene rings is 2. The molecule has 5 rings (SSSR count). The van der Waals surface area contributed by atoms with Gasteiger partial charge in [-0.1, -0.05) is 12.1 Å². The Morgan fingerprint density at radius 1 is 1.13 bits per heavy atom. The Bertz CT molecular complexity index is 1500. The topological polar surface area (TPSA) is 103 Å². The first-order valence-electron chi connectivity index (χ1n) is 12.6. The molecule has 2 heterocycles. The van der Waals surface area contributed by atoms with E-state index >= 15 is 4.39 Å². The van der Waals surface area contributed by atoms with Gasteiger partial charge in [0.05, 0.1) is 23.0 Å². The number of aliphatic hydroxyl groups is 1. The SMILES string of the molecule is CN(C)C(=O)c1cc(-c2cnc3n[nH]c(-c4ccccc4OC(F)F)c3c2)cc(F)c1NC1CCC(O)CC1. The van der Waals surface area contributed by atoms with E-state index in [1.165, 1.54) is 23.2 Å². The minimum atomic E-state index is -3.00. The number of aromatic nitrogens is 3. The van der Waals surface area contributed by atoms with Gasteiger partial charge in [-0.15, -0.1) is 0 Å². The van der Waals surface area contributed by atoms with Crippen LogP contribution in [0.15, 0.2) is 48.7 Å². The van der Waals surface area contributed by atoms with Crippen LogP contribution in [0.25, 0.3) is 33.4 Å². The molecule has 0 bridgehead atoms. The highest BCUT2D eigenvalue weighted by Crippen LogP contribution is 2.37. The minimum Gasteiger partial charge on any atom is -0.434 e. The lowest BCUT2D eigenvalue weighted by Gasteiger charge is -2.28. The average molecular weight is 540 g/mol. The van der Waals surface area contributed by atoms with Crippen LogP contribution < -0.4 is 10.1 Å². The summed E-state index contributed by atoms with van der Waals surface area (Å²) in [6.45, 7) is -3.00. The summed E-state index contributed by atoms with van der Waals surface area (Å²) in [5, 5.41) is 20.5. The highest BCUT2D eigenvalue weighted by atomic mass is 19.3. The van der Waals surface area contributed by atoms with E-state index < -0.39 is 12.4 Å². The molecule has 39 heavy (non-hydrogen) atoms. The number of ether oxygens (including phenoxy) is 1. The van der Waals surface area contributed by atoms with E-state index in [-0.39, 0.29) is 35.1 Å². The lowest BCUT2D eigenvalue weighted by Crippen LogP contribution is -2.30. The monoisotopic (exact) mass is 539 g/mol. The second-order valence-electron chi connectivity index (χ2n) is 9.80. The normalized spacial score (nSPS) is 17.4. The molecule has 2 aromatic heterocycles. The molecule has 4 aromatic rings. The maximum atomic E-state index is 15.6. The minimum absolute atomic E-state index is 0.0287. The van der Waals surface area contributed by atoms with Crippen LogP contribution in [0.5, 0.6) is 5.75 Å². The molecule has 0 radical (unpaired) electrons. The Balaban J connectivity index is 1.57. The van der Waals surface area contributed by atoms with Gasteiger partial charge in [0.2, 0.25) is 0 Å². The third kappa shape index (κ3) is 5.53. The van der Waals surface area contributed by atoms with E-state index in [1.807, 2.05) is 0 Å². The van der Waals surface area contributed by atoms with E-state index in [1.54, 1.807) is 44.4 Å². The predicted molar refractivity (Wildman–Crippen MR) is 141 cm³/mol. The fourth-order valence-corrected chi connectivity index (χ4v) is 4.89. The predicted octanol–water partition coefficient (Wildman–Crippen LogP) is 5.45. The van der Waals surface area contributed by atoms with Crippen LogP contribution in [0.2, 0.25) is 0 Å². The van der Waals surface area contributed by atoms with Crippen molar-refractivity contribution in [2.24, 2.45) is 0 Å². The summed E-state index contributed by atoms with van der Waals surface area (Å²) in [4.78, 5) is 18.9. The van der Waals surface area contributed by atoms with Gasteiger partial charge in [-0.05, 0) is 61.6 Å². The molecule has 0 spiro atoms. The van der Waals surface area contributed by atoms with Crippen molar-refractivity contribution in [3.8, 4) is 28.1 Å². The second kappa shape index (κ2) is 10.9. The van der Waals surface area contributed by atoms with Crippen LogP contribution in [0.4, 0.5) is 18.9 Å². The molecule has 0 saturated heterocycles. The van der Waals surface area contributed by atoms with E-state index in [0.29, 0.717) is 59.1 Å². The Hall–Kier alpha value is -4.12. The van der Waals surface area contributed by atoms with Gasteiger partial charge in [-0.25, -0.2) is 9.37 Å². The molecule has 0 unspecified atom stereocenters. The number of aromatic amines is 1. The zero-order valence-corrected chi connectivity index (χ0v) is 21.4. The van der Waals surface area contributed by atoms with Crippen molar-refractivity contribution in [2.45, 2.75) is 44.4 Å². The number of amides is 1. The molecule has 1 saturated carbocycles. The molecule has 204 valence electrons. The largest absolute Gasteiger partial charge is 0.434 e. The fourth-order valence-electron chi connectivity index (χ4n) is 4.89. The molecule has 0 atom stereocenters. The van der Waals surface area contributed by atoms with Crippen LogP contribution >= 0.6 is 0 Å². The quantitative estimate of drug-likeness (QED) is 0.289. The van der Waals surface area contributed by atoms with E-state index in [4.69, 9.17) is 0 Å². The summed E-state index contributed by atoms with van der Waals surface area (Å²) >= 11 is 0. The van der Waals surface area contributed by atoms with Gasteiger partial charge < -0.3 is 20.1 Å². The first kappa shape index (κ1) is 26.5. The Morgan fingerprint density at radius 2 is 1.87 bits per heavy atom. The van der Waals surface area contributed by atoms with Crippen LogP contribution in [0.1, 0.15) is 36.0 Å². The number of hydrogen-bond acceptors (Lipinski definition) is 6. The van der Waals surface area contributed by atoms with Gasteiger partial charge in [0, 0.05) is 42.8 Å². The number of carbonyl (C=O) groups is 1. The molecule has 0 aliphatic heterocycles. The number of anilines is 1. The van der Waals surface area contributed by atoms with Crippen molar-refractivity contribution in [2.75, 3.05) is 19.4 Å². The summed E-state index contributed by atoms with van der Waals surface area (Å²) in [6.07, 6.45) is 3.71. The fraction of sp³-hybridized carbons (Fsp3) is 0.321. The standard InChI is InChI=1S/C28H28F3N5O3/c1-36(2)27(38)21-11-15(13-22(29)25(21)33-17-7-9-18(37)10-8-17)16-12-20-24(34-35-26(20)32-14-16)19-5-3-4-6-23(19)39-28(30)31/h3-6,11-14,17-18,28,33,37H,7-10H2,1-2H3,(H,32,34,35). The zero-order chi connectivity index (χ0) is 27.7.